The van der Waals surface area contributed by atoms with Gasteiger partial charge in [0.25, 0.3) is 5.91 Å². The van der Waals surface area contributed by atoms with Crippen molar-refractivity contribution in [3.63, 3.8) is 0 Å². The molecule has 0 aliphatic carbocycles. The molecule has 0 saturated carbocycles. The average Bonchev–Trinajstić information content (AvgIpc) is 2.99. The maximum absolute atomic E-state index is 12.3. The monoisotopic (exact) mass is 306 g/mol. The Labute approximate surface area is 126 Å². The zero-order chi connectivity index (χ0) is 14.8. The molecule has 1 aromatic carbocycles. The smallest absolute Gasteiger partial charge is 0.256 e. The van der Waals surface area contributed by atoms with E-state index in [0.29, 0.717) is 22.5 Å². The van der Waals surface area contributed by atoms with Crippen LogP contribution in [0.3, 0.4) is 0 Å². The van der Waals surface area contributed by atoms with Crippen LogP contribution in [-0.2, 0) is 4.74 Å². The second kappa shape index (κ2) is 5.87. The fourth-order valence-electron chi connectivity index (χ4n) is 2.47. The molecule has 21 heavy (non-hydrogen) atoms. The maximum atomic E-state index is 12.3. The maximum Gasteiger partial charge on any atom is 0.256 e. The summed E-state index contributed by atoms with van der Waals surface area (Å²) < 4.78 is 5.44. The molecule has 110 valence electrons. The van der Waals surface area contributed by atoms with Crippen molar-refractivity contribution in [3.05, 3.63) is 45.2 Å². The van der Waals surface area contributed by atoms with Gasteiger partial charge in [0.15, 0.2) is 0 Å². The number of nitrogens with one attached hydrogen (secondary N) is 2. The molecule has 6 heteroatoms. The number of carbonyl (C=O) groups excluding carboxylic acids is 1. The predicted octanol–water partition coefficient (Wildman–Crippen LogP) is 2.09. The van der Waals surface area contributed by atoms with Crippen LogP contribution in [0.1, 0.15) is 23.2 Å². The molecule has 3 rings (SSSR count). The molecule has 1 aliphatic rings. The van der Waals surface area contributed by atoms with E-state index in [0.717, 1.165) is 19.4 Å². The van der Waals surface area contributed by atoms with Gasteiger partial charge < -0.3 is 15.0 Å². The number of pyridine rings is 1. The Balaban J connectivity index is 1.84. The first-order chi connectivity index (χ1) is 10.1. The quantitative estimate of drug-likeness (QED) is 0.912. The van der Waals surface area contributed by atoms with Crippen molar-refractivity contribution >= 4 is 28.4 Å². The lowest BCUT2D eigenvalue weighted by molar-refractivity contribution is 0.0857. The lowest BCUT2D eigenvalue weighted by Crippen LogP contribution is -2.34. The number of amides is 1. The molecule has 2 heterocycles. The van der Waals surface area contributed by atoms with Gasteiger partial charge in [-0.05, 0) is 31.0 Å². The van der Waals surface area contributed by atoms with Crippen LogP contribution in [-0.4, -0.2) is 30.1 Å². The second-order valence-electron chi connectivity index (χ2n) is 5.07. The summed E-state index contributed by atoms with van der Waals surface area (Å²) in [5, 5.41) is 3.62. The molecule has 0 bridgehead atoms. The molecule has 0 radical (unpaired) electrons. The number of aromatic nitrogens is 1. The summed E-state index contributed by atoms with van der Waals surface area (Å²) in [7, 11) is 0. The Bertz CT molecular complexity index is 735. The molecule has 2 aromatic rings. The standard InChI is InChI=1S/C15H15ClN2O3/c16-9-3-4-13-11(6-9)14(19)12(8-17-13)15(20)18-7-10-2-1-5-21-10/h3-4,6,8,10H,1-2,5,7H2,(H,17,19)(H,18,20)/t10-/m1/s1. The highest BCUT2D eigenvalue weighted by Crippen LogP contribution is 2.15. The lowest BCUT2D eigenvalue weighted by atomic mass is 10.1. The van der Waals surface area contributed by atoms with Crippen LogP contribution >= 0.6 is 11.6 Å². The topological polar surface area (TPSA) is 71.2 Å². The molecule has 1 aromatic heterocycles. The number of fused-ring (bicyclic) bond motifs is 1. The lowest BCUT2D eigenvalue weighted by Gasteiger charge is -2.10. The van der Waals surface area contributed by atoms with Gasteiger partial charge in [0, 0.05) is 35.3 Å². The van der Waals surface area contributed by atoms with E-state index in [-0.39, 0.29) is 17.1 Å². The van der Waals surface area contributed by atoms with Crippen molar-refractivity contribution < 1.29 is 9.53 Å². The average molecular weight is 307 g/mol. The number of rotatable bonds is 3. The minimum atomic E-state index is -0.395. The summed E-state index contributed by atoms with van der Waals surface area (Å²) in [6.45, 7) is 1.15. The Morgan fingerprint density at radius 2 is 2.33 bits per heavy atom. The van der Waals surface area contributed by atoms with E-state index in [9.17, 15) is 9.59 Å². The van der Waals surface area contributed by atoms with E-state index < -0.39 is 5.91 Å². The summed E-state index contributed by atoms with van der Waals surface area (Å²) in [6.07, 6.45) is 3.42. The molecule has 1 fully saturated rings. The zero-order valence-corrected chi connectivity index (χ0v) is 12.1. The van der Waals surface area contributed by atoms with Crippen LogP contribution in [0.2, 0.25) is 5.02 Å². The first kappa shape index (κ1) is 14.1. The normalized spacial score (nSPS) is 18.0. The van der Waals surface area contributed by atoms with Crippen molar-refractivity contribution in [2.45, 2.75) is 18.9 Å². The summed E-state index contributed by atoms with van der Waals surface area (Å²) in [5.74, 6) is -0.395. The largest absolute Gasteiger partial charge is 0.376 e. The van der Waals surface area contributed by atoms with Crippen molar-refractivity contribution in [3.8, 4) is 0 Å². The Kier molecular flexibility index (Phi) is 3.94. The fourth-order valence-corrected chi connectivity index (χ4v) is 2.64. The Hall–Kier alpha value is -1.85. The van der Waals surface area contributed by atoms with Gasteiger partial charge in [-0.15, -0.1) is 0 Å². The summed E-state index contributed by atoms with van der Waals surface area (Å²) in [6, 6.07) is 4.97. The minimum Gasteiger partial charge on any atom is -0.376 e. The third-order valence-electron chi connectivity index (χ3n) is 3.60. The number of ether oxygens (including phenoxy) is 1. The number of carbonyl (C=O) groups is 1. The van der Waals surface area contributed by atoms with E-state index in [1.165, 1.54) is 6.20 Å². The van der Waals surface area contributed by atoms with E-state index in [1.807, 2.05) is 0 Å². The van der Waals surface area contributed by atoms with E-state index in [1.54, 1.807) is 18.2 Å². The van der Waals surface area contributed by atoms with Crippen molar-refractivity contribution in [1.82, 2.24) is 10.3 Å². The number of halogens is 1. The summed E-state index contributed by atoms with van der Waals surface area (Å²) >= 11 is 5.90. The molecule has 0 spiro atoms. The van der Waals surface area contributed by atoms with Crippen LogP contribution in [0, 0.1) is 0 Å². The van der Waals surface area contributed by atoms with Crippen LogP contribution in [0.25, 0.3) is 10.9 Å². The molecule has 5 nitrogen and oxygen atoms in total. The van der Waals surface area contributed by atoms with Crippen molar-refractivity contribution in [1.29, 1.82) is 0 Å². The fraction of sp³-hybridized carbons (Fsp3) is 0.333. The van der Waals surface area contributed by atoms with Gasteiger partial charge in [-0.2, -0.15) is 0 Å². The molecule has 0 unspecified atom stereocenters. The summed E-state index contributed by atoms with van der Waals surface area (Å²) in [5.41, 5.74) is 0.416. The third-order valence-corrected chi connectivity index (χ3v) is 3.84. The van der Waals surface area contributed by atoms with E-state index in [2.05, 4.69) is 10.3 Å². The van der Waals surface area contributed by atoms with Crippen LogP contribution in [0.5, 0.6) is 0 Å². The number of hydrogen-bond acceptors (Lipinski definition) is 3. The Morgan fingerprint density at radius 1 is 1.48 bits per heavy atom. The van der Waals surface area contributed by atoms with Gasteiger partial charge in [0.2, 0.25) is 5.43 Å². The SMILES string of the molecule is O=C(NC[C@H]1CCCO1)c1c[nH]c2ccc(Cl)cc2c1=O. The number of H-pyrrole nitrogens is 1. The molecular weight excluding hydrogens is 292 g/mol. The Morgan fingerprint density at radius 3 is 3.10 bits per heavy atom. The number of hydrogen-bond donors (Lipinski definition) is 2. The molecule has 1 aliphatic heterocycles. The van der Waals surface area contributed by atoms with Crippen molar-refractivity contribution in [2.24, 2.45) is 0 Å². The molecule has 2 N–H and O–H groups in total. The number of benzene rings is 1. The van der Waals surface area contributed by atoms with Crippen LogP contribution < -0.4 is 10.7 Å². The molecular formula is C15H15ClN2O3. The highest BCUT2D eigenvalue weighted by molar-refractivity contribution is 6.31. The molecule has 1 amide bonds. The van der Waals surface area contributed by atoms with Gasteiger partial charge in [-0.1, -0.05) is 11.6 Å². The van der Waals surface area contributed by atoms with Gasteiger partial charge >= 0.3 is 0 Å². The number of aromatic amines is 1. The van der Waals surface area contributed by atoms with Gasteiger partial charge in [-0.3, -0.25) is 9.59 Å². The van der Waals surface area contributed by atoms with E-state index in [4.69, 9.17) is 16.3 Å². The second-order valence-corrected chi connectivity index (χ2v) is 5.50. The van der Waals surface area contributed by atoms with Crippen LogP contribution in [0.4, 0.5) is 0 Å². The predicted molar refractivity (Wildman–Crippen MR) is 80.9 cm³/mol. The first-order valence-corrected chi connectivity index (χ1v) is 7.24. The van der Waals surface area contributed by atoms with Gasteiger partial charge in [0.1, 0.15) is 5.56 Å². The van der Waals surface area contributed by atoms with E-state index >= 15 is 0 Å². The van der Waals surface area contributed by atoms with Crippen molar-refractivity contribution in [2.75, 3.05) is 13.2 Å². The van der Waals surface area contributed by atoms with Crippen LogP contribution in [0.15, 0.2) is 29.2 Å². The third kappa shape index (κ3) is 2.94. The highest BCUT2D eigenvalue weighted by Gasteiger charge is 2.18. The highest BCUT2D eigenvalue weighted by atomic mass is 35.5. The molecule has 1 saturated heterocycles. The minimum absolute atomic E-state index is 0.0444. The molecule has 1 atom stereocenters. The van der Waals surface area contributed by atoms with Gasteiger partial charge in [0.05, 0.1) is 6.10 Å². The summed E-state index contributed by atoms with van der Waals surface area (Å²) in [4.78, 5) is 27.4. The van der Waals surface area contributed by atoms with Gasteiger partial charge in [-0.25, -0.2) is 0 Å². The first-order valence-electron chi connectivity index (χ1n) is 6.86. The zero-order valence-electron chi connectivity index (χ0n) is 11.3.